The predicted molar refractivity (Wildman–Crippen MR) is 95.2 cm³/mol. The number of rotatable bonds is 6. The summed E-state index contributed by atoms with van der Waals surface area (Å²) in [5, 5.41) is 98.9. The van der Waals surface area contributed by atoms with Crippen LogP contribution in [0.3, 0.4) is 0 Å². The minimum atomic E-state index is -1.85. The third-order valence-electron chi connectivity index (χ3n) is 5.70. The molecule has 3 heterocycles. The second kappa shape index (κ2) is 10.8. The van der Waals surface area contributed by atoms with E-state index in [0.29, 0.717) is 0 Å². The van der Waals surface area contributed by atoms with Gasteiger partial charge in [-0.2, -0.15) is 0 Å². The Kier molecular flexibility index (Phi) is 8.75. The SMILES string of the molecule is OC[C@H]1O[C@@H](O[C@H]2[C@H](O)[C@@H](O)C(O)O[C@@H]2CO)[C@H](O)[C@@H](O)[C@@H]1O[C@@H]1OC[C@@H](O)[C@H](O)[C@H]1O. The Labute approximate surface area is 181 Å². The Balaban J connectivity index is 1.69. The molecular formula is C17H30O15. The molecule has 3 aliphatic heterocycles. The van der Waals surface area contributed by atoms with Gasteiger partial charge in [-0.05, 0) is 0 Å². The van der Waals surface area contributed by atoms with Gasteiger partial charge < -0.3 is 74.7 Å². The first kappa shape index (κ1) is 26.0. The van der Waals surface area contributed by atoms with E-state index in [4.69, 9.17) is 23.7 Å². The number of hydrogen-bond acceptors (Lipinski definition) is 15. The van der Waals surface area contributed by atoms with Gasteiger partial charge in [-0.15, -0.1) is 0 Å². The summed E-state index contributed by atoms with van der Waals surface area (Å²) >= 11 is 0. The zero-order valence-corrected chi connectivity index (χ0v) is 16.7. The van der Waals surface area contributed by atoms with Crippen LogP contribution in [0.5, 0.6) is 0 Å². The van der Waals surface area contributed by atoms with Crippen molar-refractivity contribution in [1.82, 2.24) is 0 Å². The Morgan fingerprint density at radius 2 is 1.09 bits per heavy atom. The minimum absolute atomic E-state index is 0.388. The Morgan fingerprint density at radius 1 is 0.594 bits per heavy atom. The number of hydrogen-bond donors (Lipinski definition) is 10. The summed E-state index contributed by atoms with van der Waals surface area (Å²) in [6, 6.07) is 0. The van der Waals surface area contributed by atoms with E-state index in [-0.39, 0.29) is 6.61 Å². The van der Waals surface area contributed by atoms with E-state index < -0.39 is 99.2 Å². The average Bonchev–Trinajstić information content (AvgIpc) is 2.78. The van der Waals surface area contributed by atoms with Crippen LogP contribution in [-0.2, 0) is 23.7 Å². The lowest BCUT2D eigenvalue weighted by Crippen LogP contribution is -2.66. The van der Waals surface area contributed by atoms with E-state index in [1.54, 1.807) is 0 Å². The first-order chi connectivity index (χ1) is 15.1. The summed E-state index contributed by atoms with van der Waals surface area (Å²) in [4.78, 5) is 0. The Morgan fingerprint density at radius 3 is 1.69 bits per heavy atom. The van der Waals surface area contributed by atoms with E-state index in [1.807, 2.05) is 0 Å². The van der Waals surface area contributed by atoms with Gasteiger partial charge in [0, 0.05) is 0 Å². The van der Waals surface area contributed by atoms with Crippen molar-refractivity contribution in [2.75, 3.05) is 19.8 Å². The van der Waals surface area contributed by atoms with Crippen molar-refractivity contribution in [1.29, 1.82) is 0 Å². The van der Waals surface area contributed by atoms with Crippen LogP contribution in [-0.4, -0.2) is 157 Å². The van der Waals surface area contributed by atoms with Gasteiger partial charge in [0.15, 0.2) is 18.9 Å². The second-order valence-electron chi connectivity index (χ2n) is 7.89. The van der Waals surface area contributed by atoms with Crippen molar-refractivity contribution in [3.8, 4) is 0 Å². The van der Waals surface area contributed by atoms with Crippen molar-refractivity contribution < 1.29 is 74.7 Å². The number of aliphatic hydroxyl groups is 10. The average molecular weight is 474 g/mol. The molecule has 10 N–H and O–H groups in total. The van der Waals surface area contributed by atoms with Crippen molar-refractivity contribution in [3.05, 3.63) is 0 Å². The molecule has 14 atom stereocenters. The topological polar surface area (TPSA) is 248 Å². The van der Waals surface area contributed by atoms with Crippen molar-refractivity contribution in [2.45, 2.75) is 86.0 Å². The molecule has 0 radical (unpaired) electrons. The molecule has 0 saturated carbocycles. The molecule has 3 saturated heterocycles. The lowest BCUT2D eigenvalue weighted by molar-refractivity contribution is -0.372. The third-order valence-corrected chi connectivity index (χ3v) is 5.70. The molecule has 3 rings (SSSR count). The number of aliphatic hydroxyl groups excluding tert-OH is 10. The van der Waals surface area contributed by atoms with Gasteiger partial charge in [0.05, 0.1) is 19.8 Å². The van der Waals surface area contributed by atoms with Crippen LogP contribution in [0.4, 0.5) is 0 Å². The summed E-state index contributed by atoms with van der Waals surface area (Å²) in [6.45, 7) is -1.89. The van der Waals surface area contributed by atoms with Gasteiger partial charge in [0.25, 0.3) is 0 Å². The molecular weight excluding hydrogens is 444 g/mol. The number of ether oxygens (including phenoxy) is 5. The molecule has 0 aromatic heterocycles. The zero-order chi connectivity index (χ0) is 23.7. The van der Waals surface area contributed by atoms with Gasteiger partial charge in [0.2, 0.25) is 0 Å². The highest BCUT2D eigenvalue weighted by Crippen LogP contribution is 2.31. The summed E-state index contributed by atoms with van der Waals surface area (Å²) in [6.07, 6.45) is -22.6. The maximum absolute atomic E-state index is 10.5. The maximum Gasteiger partial charge on any atom is 0.187 e. The normalized spacial score (nSPS) is 52.7. The summed E-state index contributed by atoms with van der Waals surface area (Å²) < 4.78 is 26.3. The fourth-order valence-electron chi connectivity index (χ4n) is 3.78. The molecule has 15 nitrogen and oxygen atoms in total. The maximum atomic E-state index is 10.5. The monoisotopic (exact) mass is 474 g/mol. The lowest BCUT2D eigenvalue weighted by Gasteiger charge is -2.47. The fourth-order valence-corrected chi connectivity index (χ4v) is 3.78. The van der Waals surface area contributed by atoms with Crippen LogP contribution >= 0.6 is 0 Å². The van der Waals surface area contributed by atoms with E-state index in [2.05, 4.69) is 0 Å². The van der Waals surface area contributed by atoms with Gasteiger partial charge in [0.1, 0.15) is 67.1 Å². The molecule has 0 amide bonds. The third kappa shape index (κ3) is 5.07. The fraction of sp³-hybridized carbons (Fsp3) is 1.00. The summed E-state index contributed by atoms with van der Waals surface area (Å²) in [5.74, 6) is 0. The van der Waals surface area contributed by atoms with Crippen molar-refractivity contribution in [2.24, 2.45) is 0 Å². The van der Waals surface area contributed by atoms with E-state index in [1.165, 1.54) is 0 Å². The standard InChI is InChI=1S/C17H30O15/c18-1-5-13(8(22)10(24)15(27)29-5)32-17-12(26)9(23)14(6(2-19)30-17)31-16-11(25)7(21)4(20)3-28-16/h4-27H,1-3H2/t4-,5-,6-,7+,8-,9-,10-,11-,12-,13-,14-,15?,16+,17+/m1/s1. The van der Waals surface area contributed by atoms with Gasteiger partial charge in [-0.1, -0.05) is 0 Å². The van der Waals surface area contributed by atoms with Gasteiger partial charge in [-0.25, -0.2) is 0 Å². The minimum Gasteiger partial charge on any atom is -0.394 e. The zero-order valence-electron chi connectivity index (χ0n) is 16.7. The van der Waals surface area contributed by atoms with Crippen molar-refractivity contribution in [3.63, 3.8) is 0 Å². The van der Waals surface area contributed by atoms with Crippen LogP contribution in [0, 0.1) is 0 Å². The highest BCUT2D eigenvalue weighted by molar-refractivity contribution is 4.95. The molecule has 32 heavy (non-hydrogen) atoms. The Bertz CT molecular complexity index is 592. The summed E-state index contributed by atoms with van der Waals surface area (Å²) in [7, 11) is 0. The molecule has 3 aliphatic rings. The molecule has 15 heteroatoms. The van der Waals surface area contributed by atoms with Crippen LogP contribution < -0.4 is 0 Å². The lowest BCUT2D eigenvalue weighted by atomic mass is 9.96. The van der Waals surface area contributed by atoms with Crippen LogP contribution in [0.25, 0.3) is 0 Å². The quantitative estimate of drug-likeness (QED) is 0.172. The second-order valence-corrected chi connectivity index (χ2v) is 7.89. The molecule has 0 aromatic carbocycles. The first-order valence-electron chi connectivity index (χ1n) is 10.00. The van der Waals surface area contributed by atoms with Crippen molar-refractivity contribution >= 4 is 0 Å². The van der Waals surface area contributed by atoms with E-state index >= 15 is 0 Å². The molecule has 0 spiro atoms. The molecule has 1 unspecified atom stereocenters. The molecule has 188 valence electrons. The first-order valence-corrected chi connectivity index (χ1v) is 10.00. The van der Waals surface area contributed by atoms with Gasteiger partial charge >= 0.3 is 0 Å². The smallest absolute Gasteiger partial charge is 0.187 e. The van der Waals surface area contributed by atoms with Crippen LogP contribution in [0.15, 0.2) is 0 Å². The van der Waals surface area contributed by atoms with E-state index in [0.717, 1.165) is 0 Å². The molecule has 0 aliphatic carbocycles. The Hall–Kier alpha value is -0.600. The molecule has 0 aromatic rings. The van der Waals surface area contributed by atoms with E-state index in [9.17, 15) is 51.1 Å². The molecule has 0 bridgehead atoms. The largest absolute Gasteiger partial charge is 0.394 e. The predicted octanol–water partition coefficient (Wildman–Crippen LogP) is -6.93. The molecule has 3 fully saturated rings. The van der Waals surface area contributed by atoms with Crippen LogP contribution in [0.2, 0.25) is 0 Å². The highest BCUT2D eigenvalue weighted by Gasteiger charge is 2.52. The van der Waals surface area contributed by atoms with Crippen LogP contribution in [0.1, 0.15) is 0 Å². The summed E-state index contributed by atoms with van der Waals surface area (Å²) in [5.41, 5.74) is 0. The highest BCUT2D eigenvalue weighted by atomic mass is 16.7. The van der Waals surface area contributed by atoms with Gasteiger partial charge in [-0.3, -0.25) is 0 Å².